The van der Waals surface area contributed by atoms with E-state index in [0.717, 1.165) is 12.5 Å². The van der Waals surface area contributed by atoms with E-state index < -0.39 is 0 Å². The van der Waals surface area contributed by atoms with Crippen molar-refractivity contribution in [1.29, 1.82) is 0 Å². The minimum Gasteiger partial charge on any atom is -0.312 e. The number of hydrogen-bond donors (Lipinski definition) is 1. The third-order valence-electron chi connectivity index (χ3n) is 3.48. The van der Waals surface area contributed by atoms with E-state index in [1.54, 1.807) is 0 Å². The fourth-order valence-electron chi connectivity index (χ4n) is 1.95. The van der Waals surface area contributed by atoms with Crippen LogP contribution in [0.25, 0.3) is 0 Å². The van der Waals surface area contributed by atoms with Crippen LogP contribution in [0.5, 0.6) is 0 Å². The van der Waals surface area contributed by atoms with Gasteiger partial charge in [-0.3, -0.25) is 0 Å². The highest BCUT2D eigenvalue weighted by atomic mass is 14.9. The molecule has 1 unspecified atom stereocenters. The van der Waals surface area contributed by atoms with Gasteiger partial charge in [-0.15, -0.1) is 0 Å². The van der Waals surface area contributed by atoms with Gasteiger partial charge in [0.1, 0.15) is 0 Å². The van der Waals surface area contributed by atoms with Crippen LogP contribution in [0, 0.1) is 19.8 Å². The van der Waals surface area contributed by atoms with E-state index in [0.29, 0.717) is 0 Å². The van der Waals surface area contributed by atoms with Crippen molar-refractivity contribution in [3.63, 3.8) is 0 Å². The third-order valence-corrected chi connectivity index (χ3v) is 3.48. The lowest BCUT2D eigenvalue weighted by atomic mass is 9.97. The summed E-state index contributed by atoms with van der Waals surface area (Å²) in [7, 11) is 0. The Labute approximate surface area is 113 Å². The van der Waals surface area contributed by atoms with Crippen LogP contribution in [0.15, 0.2) is 18.2 Å². The Balaban J connectivity index is 2.38. The van der Waals surface area contributed by atoms with E-state index in [4.69, 9.17) is 0 Å². The molecule has 0 aliphatic carbocycles. The lowest BCUT2D eigenvalue weighted by molar-refractivity contribution is 0.372. The molecule has 1 atom stereocenters. The van der Waals surface area contributed by atoms with Gasteiger partial charge in [0.25, 0.3) is 0 Å². The van der Waals surface area contributed by atoms with E-state index in [2.05, 4.69) is 65.1 Å². The van der Waals surface area contributed by atoms with Crippen molar-refractivity contribution in [2.45, 2.75) is 59.9 Å². The molecule has 18 heavy (non-hydrogen) atoms. The number of hydrogen-bond acceptors (Lipinski definition) is 1. The first-order valence-corrected chi connectivity index (χ1v) is 7.09. The van der Waals surface area contributed by atoms with Crippen molar-refractivity contribution < 1.29 is 0 Å². The Morgan fingerprint density at radius 2 is 1.78 bits per heavy atom. The van der Waals surface area contributed by atoms with Gasteiger partial charge < -0.3 is 5.32 Å². The highest BCUT2D eigenvalue weighted by Gasteiger charge is 2.11. The number of nitrogens with one attached hydrogen (secondary N) is 1. The van der Waals surface area contributed by atoms with Crippen LogP contribution in [0.4, 0.5) is 0 Å². The maximum absolute atomic E-state index is 3.58. The molecule has 0 radical (unpaired) electrons. The van der Waals surface area contributed by atoms with Gasteiger partial charge in [0.2, 0.25) is 0 Å². The molecule has 0 amide bonds. The zero-order valence-corrected chi connectivity index (χ0v) is 12.9. The number of rotatable bonds is 5. The molecule has 0 fully saturated rings. The Kier molecular flexibility index (Phi) is 5.40. The van der Waals surface area contributed by atoms with Gasteiger partial charge in [0, 0.05) is 5.54 Å². The van der Waals surface area contributed by atoms with Crippen molar-refractivity contribution in [1.82, 2.24) is 5.32 Å². The molecule has 0 saturated carbocycles. The zero-order valence-electron chi connectivity index (χ0n) is 12.9. The van der Waals surface area contributed by atoms with E-state index >= 15 is 0 Å². The second kappa shape index (κ2) is 6.38. The van der Waals surface area contributed by atoms with Gasteiger partial charge in [-0.2, -0.15) is 0 Å². The topological polar surface area (TPSA) is 12.0 Å². The summed E-state index contributed by atoms with van der Waals surface area (Å²) in [4.78, 5) is 0. The van der Waals surface area contributed by atoms with Gasteiger partial charge in [0.05, 0.1) is 0 Å². The second-order valence-electron chi connectivity index (χ2n) is 6.69. The molecular weight excluding hydrogens is 218 g/mol. The summed E-state index contributed by atoms with van der Waals surface area (Å²) < 4.78 is 0. The predicted octanol–water partition coefficient (Wildman–Crippen LogP) is 4.26. The van der Waals surface area contributed by atoms with Crippen molar-refractivity contribution in [3.8, 4) is 0 Å². The largest absolute Gasteiger partial charge is 0.312 e. The van der Waals surface area contributed by atoms with Crippen LogP contribution in [0.2, 0.25) is 0 Å². The Morgan fingerprint density at radius 3 is 2.33 bits per heavy atom. The van der Waals surface area contributed by atoms with E-state index in [1.807, 2.05) is 0 Å². The zero-order chi connectivity index (χ0) is 13.8. The second-order valence-corrected chi connectivity index (χ2v) is 6.69. The molecule has 0 spiro atoms. The van der Waals surface area contributed by atoms with Crippen LogP contribution in [-0.4, -0.2) is 12.1 Å². The summed E-state index contributed by atoms with van der Waals surface area (Å²) in [5.41, 5.74) is 4.50. The fraction of sp³-hybridized carbons (Fsp3) is 0.647. The smallest absolute Gasteiger partial charge is 0.00966 e. The van der Waals surface area contributed by atoms with Crippen LogP contribution < -0.4 is 5.32 Å². The highest BCUT2D eigenvalue weighted by Crippen LogP contribution is 2.14. The molecule has 0 aliphatic heterocycles. The molecule has 1 heteroatoms. The van der Waals surface area contributed by atoms with Crippen molar-refractivity contribution in [2.75, 3.05) is 6.54 Å². The molecule has 0 saturated heterocycles. The normalized spacial score (nSPS) is 13.7. The third kappa shape index (κ3) is 5.68. The molecule has 1 N–H and O–H groups in total. The summed E-state index contributed by atoms with van der Waals surface area (Å²) in [6.45, 7) is 14.5. The van der Waals surface area contributed by atoms with Crippen LogP contribution in [0.1, 0.15) is 50.8 Å². The minimum atomic E-state index is 0.231. The number of benzene rings is 1. The number of aryl methyl sites for hydroxylation is 3. The van der Waals surface area contributed by atoms with Gasteiger partial charge in [-0.25, -0.2) is 0 Å². The molecule has 1 aromatic rings. The van der Waals surface area contributed by atoms with Crippen molar-refractivity contribution in [3.05, 3.63) is 34.9 Å². The summed E-state index contributed by atoms with van der Waals surface area (Å²) >= 11 is 0. The molecule has 1 aromatic carbocycles. The van der Waals surface area contributed by atoms with Gasteiger partial charge in [-0.05, 0) is 76.6 Å². The Hall–Kier alpha value is -0.820. The molecule has 0 heterocycles. The summed E-state index contributed by atoms with van der Waals surface area (Å²) in [6.07, 6.45) is 2.44. The summed E-state index contributed by atoms with van der Waals surface area (Å²) in [5.74, 6) is 0.728. The fourth-order valence-corrected chi connectivity index (χ4v) is 1.95. The first-order chi connectivity index (χ1) is 8.28. The summed E-state index contributed by atoms with van der Waals surface area (Å²) in [6, 6.07) is 6.84. The average molecular weight is 247 g/mol. The maximum atomic E-state index is 3.58. The quantitative estimate of drug-likeness (QED) is 0.819. The van der Waals surface area contributed by atoms with E-state index in [1.165, 1.54) is 29.5 Å². The van der Waals surface area contributed by atoms with Gasteiger partial charge in [0.15, 0.2) is 0 Å². The first kappa shape index (κ1) is 15.2. The molecule has 0 aliphatic rings. The molecule has 0 bridgehead atoms. The van der Waals surface area contributed by atoms with E-state index in [-0.39, 0.29) is 5.54 Å². The maximum Gasteiger partial charge on any atom is 0.00966 e. The van der Waals surface area contributed by atoms with Crippen LogP contribution in [-0.2, 0) is 6.42 Å². The Morgan fingerprint density at radius 1 is 1.11 bits per heavy atom. The average Bonchev–Trinajstić information content (AvgIpc) is 2.27. The SMILES string of the molecule is Cc1ccc(CCC(C)CNC(C)(C)C)cc1C. The Bertz CT molecular complexity index is 374. The predicted molar refractivity (Wildman–Crippen MR) is 81.2 cm³/mol. The lowest BCUT2D eigenvalue weighted by Crippen LogP contribution is -2.38. The van der Waals surface area contributed by atoms with Gasteiger partial charge >= 0.3 is 0 Å². The van der Waals surface area contributed by atoms with Crippen LogP contribution in [0.3, 0.4) is 0 Å². The highest BCUT2D eigenvalue weighted by molar-refractivity contribution is 5.29. The monoisotopic (exact) mass is 247 g/mol. The lowest BCUT2D eigenvalue weighted by Gasteiger charge is -2.23. The van der Waals surface area contributed by atoms with Crippen molar-refractivity contribution >= 4 is 0 Å². The molecular formula is C17H29N. The van der Waals surface area contributed by atoms with E-state index in [9.17, 15) is 0 Å². The molecule has 0 aromatic heterocycles. The molecule has 1 rings (SSSR count). The van der Waals surface area contributed by atoms with Gasteiger partial charge in [-0.1, -0.05) is 25.1 Å². The standard InChI is InChI=1S/C17H29N/c1-13(12-18-17(4,5)6)7-9-16-10-8-14(2)15(3)11-16/h8,10-11,13,18H,7,9,12H2,1-6H3. The summed E-state index contributed by atoms with van der Waals surface area (Å²) in [5, 5.41) is 3.58. The van der Waals surface area contributed by atoms with Crippen LogP contribution >= 0.6 is 0 Å². The minimum absolute atomic E-state index is 0.231. The molecule has 102 valence electrons. The van der Waals surface area contributed by atoms with Crippen molar-refractivity contribution in [2.24, 2.45) is 5.92 Å². The molecule has 1 nitrogen and oxygen atoms in total. The first-order valence-electron chi connectivity index (χ1n) is 7.09.